The summed E-state index contributed by atoms with van der Waals surface area (Å²) in [6.45, 7) is 0. The minimum absolute atomic E-state index is 0.349. The second-order valence-electron chi connectivity index (χ2n) is 5.34. The van der Waals surface area contributed by atoms with Crippen molar-refractivity contribution in [2.45, 2.75) is 37.4 Å². The van der Waals surface area contributed by atoms with E-state index in [9.17, 15) is 8.42 Å². The van der Waals surface area contributed by atoms with Gasteiger partial charge in [-0.2, -0.15) is 8.42 Å². The molecular weight excluding hydrogens is 276 g/mol. The van der Waals surface area contributed by atoms with Crippen LogP contribution in [0.3, 0.4) is 0 Å². The first kappa shape index (κ1) is 13.4. The first-order valence-corrected chi connectivity index (χ1v) is 8.38. The highest BCUT2D eigenvalue weighted by Gasteiger charge is 2.29. The molecule has 0 atom stereocenters. The van der Waals surface area contributed by atoms with E-state index in [-0.39, 0.29) is 5.25 Å². The quantitative estimate of drug-likeness (QED) is 0.816. The summed E-state index contributed by atoms with van der Waals surface area (Å²) >= 11 is 0. The fraction of sp³-hybridized carbons (Fsp3) is 0.500. The van der Waals surface area contributed by atoms with Crippen LogP contribution in [0.4, 0.5) is 0 Å². The van der Waals surface area contributed by atoms with Gasteiger partial charge in [-0.25, -0.2) is 4.98 Å². The van der Waals surface area contributed by atoms with Crippen LogP contribution in [0.5, 0.6) is 5.75 Å². The van der Waals surface area contributed by atoms with Crippen LogP contribution in [0.25, 0.3) is 11.0 Å². The smallest absolute Gasteiger partial charge is 0.312 e. The van der Waals surface area contributed by atoms with Crippen molar-refractivity contribution in [2.75, 3.05) is 0 Å². The van der Waals surface area contributed by atoms with Crippen molar-refractivity contribution in [2.24, 2.45) is 7.05 Å². The van der Waals surface area contributed by atoms with Gasteiger partial charge in [0.15, 0.2) is 0 Å². The van der Waals surface area contributed by atoms with E-state index < -0.39 is 10.1 Å². The Morgan fingerprint density at radius 1 is 1.25 bits per heavy atom. The van der Waals surface area contributed by atoms with Crippen LogP contribution in [0.1, 0.15) is 32.1 Å². The SMILES string of the molecule is Cn1cnc2cc(OS(=O)(=O)C3CCCCC3)ccc21. The van der Waals surface area contributed by atoms with Crippen molar-refractivity contribution in [1.29, 1.82) is 0 Å². The highest BCUT2D eigenvalue weighted by atomic mass is 32.2. The van der Waals surface area contributed by atoms with Crippen LogP contribution in [-0.2, 0) is 17.2 Å². The van der Waals surface area contributed by atoms with Gasteiger partial charge in [0.05, 0.1) is 22.6 Å². The maximum Gasteiger partial charge on any atom is 0.312 e. The first-order chi connectivity index (χ1) is 9.56. The molecule has 3 rings (SSSR count). The van der Waals surface area contributed by atoms with Gasteiger partial charge in [0.1, 0.15) is 5.75 Å². The van der Waals surface area contributed by atoms with E-state index in [0.29, 0.717) is 18.6 Å². The number of fused-ring (bicyclic) bond motifs is 1. The molecule has 0 spiro atoms. The molecule has 1 fully saturated rings. The third-order valence-electron chi connectivity index (χ3n) is 3.87. The molecule has 0 aliphatic heterocycles. The molecule has 0 N–H and O–H groups in total. The lowest BCUT2D eigenvalue weighted by molar-refractivity contribution is 0.429. The van der Waals surface area contributed by atoms with Gasteiger partial charge in [-0.15, -0.1) is 0 Å². The van der Waals surface area contributed by atoms with Crippen molar-refractivity contribution in [3.8, 4) is 5.75 Å². The molecular formula is C14H18N2O3S. The second-order valence-corrected chi connectivity index (χ2v) is 7.16. The Hall–Kier alpha value is -1.56. The number of hydrogen-bond donors (Lipinski definition) is 0. The van der Waals surface area contributed by atoms with Crippen LogP contribution in [0, 0.1) is 0 Å². The van der Waals surface area contributed by atoms with E-state index in [0.717, 1.165) is 30.3 Å². The van der Waals surface area contributed by atoms with Gasteiger partial charge in [0.25, 0.3) is 0 Å². The van der Waals surface area contributed by atoms with Crippen LogP contribution < -0.4 is 4.18 Å². The molecule has 108 valence electrons. The van der Waals surface area contributed by atoms with E-state index in [1.807, 2.05) is 17.7 Å². The predicted octanol–water partition coefficient (Wildman–Crippen LogP) is 2.61. The lowest BCUT2D eigenvalue weighted by atomic mass is 10.0. The molecule has 1 aromatic heterocycles. The molecule has 1 heterocycles. The Morgan fingerprint density at radius 2 is 2.00 bits per heavy atom. The number of rotatable bonds is 3. The predicted molar refractivity (Wildman–Crippen MR) is 77.1 cm³/mol. The standard InChI is InChI=1S/C14H18N2O3S/c1-16-10-15-13-9-11(7-8-14(13)16)19-20(17,18)12-5-3-2-4-6-12/h7-10,12H,2-6H2,1H3. The molecule has 1 saturated carbocycles. The summed E-state index contributed by atoms with van der Waals surface area (Å²) in [4.78, 5) is 4.21. The highest BCUT2D eigenvalue weighted by Crippen LogP contribution is 2.27. The molecule has 0 amide bonds. The molecule has 1 aliphatic carbocycles. The van der Waals surface area contributed by atoms with Crippen LogP contribution in [0.2, 0.25) is 0 Å². The molecule has 5 nitrogen and oxygen atoms in total. The minimum Gasteiger partial charge on any atom is -0.382 e. The maximum absolute atomic E-state index is 12.2. The van der Waals surface area contributed by atoms with Crippen molar-refractivity contribution >= 4 is 21.2 Å². The summed E-state index contributed by atoms with van der Waals surface area (Å²) in [7, 11) is -1.64. The van der Waals surface area contributed by atoms with Gasteiger partial charge in [-0.1, -0.05) is 19.3 Å². The van der Waals surface area contributed by atoms with Gasteiger partial charge in [-0.05, 0) is 25.0 Å². The molecule has 1 aromatic carbocycles. The molecule has 6 heteroatoms. The zero-order valence-corrected chi connectivity index (χ0v) is 12.3. The first-order valence-electron chi connectivity index (χ1n) is 6.91. The molecule has 2 aromatic rings. The number of aromatic nitrogens is 2. The average Bonchev–Trinajstić information content (AvgIpc) is 2.80. The normalized spacial score (nSPS) is 17.4. The lowest BCUT2D eigenvalue weighted by Crippen LogP contribution is -2.28. The molecule has 1 aliphatic rings. The van der Waals surface area contributed by atoms with E-state index in [1.54, 1.807) is 18.5 Å². The van der Waals surface area contributed by atoms with Gasteiger partial charge in [0.2, 0.25) is 0 Å². The van der Waals surface area contributed by atoms with Crippen LogP contribution in [0.15, 0.2) is 24.5 Å². The number of aryl methyl sites for hydroxylation is 1. The molecule has 0 bridgehead atoms. The Kier molecular flexibility index (Phi) is 3.41. The Morgan fingerprint density at radius 3 is 2.75 bits per heavy atom. The summed E-state index contributed by atoms with van der Waals surface area (Å²) < 4.78 is 31.7. The van der Waals surface area contributed by atoms with Gasteiger partial charge >= 0.3 is 10.1 Å². The lowest BCUT2D eigenvalue weighted by Gasteiger charge is -2.21. The Bertz CT molecular complexity index is 715. The van der Waals surface area contributed by atoms with Crippen molar-refractivity contribution in [3.05, 3.63) is 24.5 Å². The molecule has 0 unspecified atom stereocenters. The zero-order chi connectivity index (χ0) is 14.2. The topological polar surface area (TPSA) is 61.2 Å². The Balaban J connectivity index is 1.84. The van der Waals surface area contributed by atoms with E-state index >= 15 is 0 Å². The number of hydrogen-bond acceptors (Lipinski definition) is 4. The van der Waals surface area contributed by atoms with Crippen LogP contribution in [-0.4, -0.2) is 23.2 Å². The maximum atomic E-state index is 12.2. The number of nitrogens with zero attached hydrogens (tertiary/aromatic N) is 2. The molecule has 0 radical (unpaired) electrons. The van der Waals surface area contributed by atoms with E-state index in [1.165, 1.54) is 0 Å². The van der Waals surface area contributed by atoms with Crippen molar-refractivity contribution in [3.63, 3.8) is 0 Å². The van der Waals surface area contributed by atoms with Crippen molar-refractivity contribution in [1.82, 2.24) is 9.55 Å². The number of imidazole rings is 1. The number of benzene rings is 1. The summed E-state index contributed by atoms with van der Waals surface area (Å²) in [5.74, 6) is 0.349. The molecule has 0 saturated heterocycles. The zero-order valence-electron chi connectivity index (χ0n) is 11.4. The molecule has 20 heavy (non-hydrogen) atoms. The third-order valence-corrected chi connectivity index (χ3v) is 5.58. The fourth-order valence-electron chi connectivity index (χ4n) is 2.72. The minimum atomic E-state index is -3.53. The van der Waals surface area contributed by atoms with Gasteiger partial charge < -0.3 is 8.75 Å². The second kappa shape index (κ2) is 5.09. The fourth-order valence-corrected chi connectivity index (χ4v) is 4.14. The summed E-state index contributed by atoms with van der Waals surface area (Å²) in [5, 5.41) is -0.365. The van der Waals surface area contributed by atoms with E-state index in [4.69, 9.17) is 4.18 Å². The van der Waals surface area contributed by atoms with Crippen LogP contribution >= 0.6 is 0 Å². The largest absolute Gasteiger partial charge is 0.382 e. The van der Waals surface area contributed by atoms with Gasteiger partial charge in [-0.3, -0.25) is 0 Å². The third kappa shape index (κ3) is 2.52. The summed E-state index contributed by atoms with van der Waals surface area (Å²) in [6, 6.07) is 5.19. The van der Waals surface area contributed by atoms with E-state index in [2.05, 4.69) is 4.98 Å². The Labute approximate surface area is 118 Å². The van der Waals surface area contributed by atoms with Gasteiger partial charge in [0, 0.05) is 13.1 Å². The monoisotopic (exact) mass is 294 g/mol. The van der Waals surface area contributed by atoms with Crippen molar-refractivity contribution < 1.29 is 12.6 Å². The average molecular weight is 294 g/mol. The summed E-state index contributed by atoms with van der Waals surface area (Å²) in [6.07, 6.45) is 6.15. The highest BCUT2D eigenvalue weighted by molar-refractivity contribution is 7.87. The summed E-state index contributed by atoms with van der Waals surface area (Å²) in [5.41, 5.74) is 1.69.